The van der Waals surface area contributed by atoms with Crippen LogP contribution < -0.4 is 10.6 Å². The second kappa shape index (κ2) is 5.64. The molecule has 0 radical (unpaired) electrons. The van der Waals surface area contributed by atoms with Crippen LogP contribution >= 0.6 is 0 Å². The molecule has 18 heavy (non-hydrogen) atoms. The van der Waals surface area contributed by atoms with Crippen LogP contribution in [0.4, 0.5) is 11.4 Å². The van der Waals surface area contributed by atoms with Gasteiger partial charge in [0, 0.05) is 13.6 Å². The van der Waals surface area contributed by atoms with Crippen LogP contribution in [0.5, 0.6) is 0 Å². The van der Waals surface area contributed by atoms with Gasteiger partial charge in [0.2, 0.25) is 0 Å². The fraction of sp³-hybridized carbons (Fsp3) is 0.625. The highest BCUT2D eigenvalue weighted by Gasteiger charge is 2.17. The summed E-state index contributed by atoms with van der Waals surface area (Å²) in [5.74, 6) is 0.852. The first kappa shape index (κ1) is 13.3. The normalized spacial score (nSPS) is 16.8. The molecule has 100 valence electrons. The summed E-state index contributed by atoms with van der Waals surface area (Å²) in [4.78, 5) is 2.34. The molecule has 0 spiro atoms. The van der Waals surface area contributed by atoms with Gasteiger partial charge in [0.25, 0.3) is 0 Å². The summed E-state index contributed by atoms with van der Waals surface area (Å²) in [7, 11) is 2.18. The summed E-state index contributed by atoms with van der Waals surface area (Å²) in [6, 6.07) is 4.33. The Morgan fingerprint density at radius 3 is 2.39 bits per heavy atom. The van der Waals surface area contributed by atoms with Crippen molar-refractivity contribution in [2.24, 2.45) is 5.92 Å². The molecule has 2 N–H and O–H groups in total. The molecule has 2 rings (SSSR count). The van der Waals surface area contributed by atoms with Crippen LogP contribution in [0.3, 0.4) is 0 Å². The highest BCUT2D eigenvalue weighted by atomic mass is 15.1. The molecule has 2 heteroatoms. The fourth-order valence-corrected chi connectivity index (χ4v) is 3.01. The lowest BCUT2D eigenvalue weighted by Gasteiger charge is -2.29. The molecular formula is C16H26N2. The van der Waals surface area contributed by atoms with Crippen LogP contribution in [0.15, 0.2) is 12.1 Å². The van der Waals surface area contributed by atoms with Gasteiger partial charge in [-0.2, -0.15) is 0 Å². The van der Waals surface area contributed by atoms with E-state index in [0.717, 1.165) is 18.2 Å². The van der Waals surface area contributed by atoms with Crippen LogP contribution in [-0.4, -0.2) is 13.6 Å². The number of anilines is 2. The minimum absolute atomic E-state index is 0.852. The van der Waals surface area contributed by atoms with E-state index < -0.39 is 0 Å². The van der Waals surface area contributed by atoms with E-state index in [1.165, 1.54) is 48.9 Å². The number of aryl methyl sites for hydroxylation is 2. The average molecular weight is 246 g/mol. The summed E-state index contributed by atoms with van der Waals surface area (Å²) >= 11 is 0. The molecule has 2 nitrogen and oxygen atoms in total. The first-order chi connectivity index (χ1) is 8.58. The Morgan fingerprint density at radius 2 is 1.72 bits per heavy atom. The Kier molecular flexibility index (Phi) is 4.15. The van der Waals surface area contributed by atoms with Gasteiger partial charge in [-0.25, -0.2) is 0 Å². The molecule has 1 fully saturated rings. The highest BCUT2D eigenvalue weighted by Crippen LogP contribution is 2.29. The monoisotopic (exact) mass is 246 g/mol. The van der Waals surface area contributed by atoms with Gasteiger partial charge in [-0.15, -0.1) is 0 Å². The molecule has 1 aromatic carbocycles. The van der Waals surface area contributed by atoms with Crippen molar-refractivity contribution in [1.82, 2.24) is 0 Å². The smallest absolute Gasteiger partial charge is 0.0600 e. The molecule has 0 aliphatic heterocycles. The number of rotatable bonds is 3. The lowest BCUT2D eigenvalue weighted by atomic mass is 9.89. The molecule has 1 aliphatic carbocycles. The first-order valence-corrected chi connectivity index (χ1v) is 7.16. The zero-order valence-electron chi connectivity index (χ0n) is 12.0. The number of nitrogens with zero attached hydrogens (tertiary/aromatic N) is 1. The van der Waals surface area contributed by atoms with Gasteiger partial charge in [-0.1, -0.05) is 19.3 Å². The Morgan fingerprint density at radius 1 is 1.11 bits per heavy atom. The third kappa shape index (κ3) is 2.98. The van der Waals surface area contributed by atoms with Crippen LogP contribution in [0, 0.1) is 19.8 Å². The van der Waals surface area contributed by atoms with Crippen molar-refractivity contribution in [1.29, 1.82) is 0 Å². The molecule has 0 saturated heterocycles. The van der Waals surface area contributed by atoms with Crippen molar-refractivity contribution in [3.8, 4) is 0 Å². The molecule has 0 bridgehead atoms. The van der Waals surface area contributed by atoms with E-state index in [1.54, 1.807) is 0 Å². The van der Waals surface area contributed by atoms with Crippen LogP contribution in [0.25, 0.3) is 0 Å². The molecule has 0 heterocycles. The summed E-state index contributed by atoms with van der Waals surface area (Å²) in [6.07, 6.45) is 7.00. The van der Waals surface area contributed by atoms with E-state index in [2.05, 4.69) is 37.9 Å². The molecule has 1 aliphatic rings. The third-order valence-electron chi connectivity index (χ3n) is 4.31. The standard InChI is InChI=1S/C16H26N2/c1-12-9-15(17)16(10-13(12)2)18(3)11-14-7-5-4-6-8-14/h9-10,14H,4-8,11,17H2,1-3H3. The van der Waals surface area contributed by atoms with Gasteiger partial charge in [-0.3, -0.25) is 0 Å². The quantitative estimate of drug-likeness (QED) is 0.820. The highest BCUT2D eigenvalue weighted by molar-refractivity contribution is 5.69. The molecular weight excluding hydrogens is 220 g/mol. The Bertz CT molecular complexity index is 406. The zero-order valence-corrected chi connectivity index (χ0v) is 12.0. The Balaban J connectivity index is 2.08. The maximum Gasteiger partial charge on any atom is 0.0600 e. The second-order valence-electron chi connectivity index (χ2n) is 5.88. The van der Waals surface area contributed by atoms with Crippen molar-refractivity contribution >= 4 is 11.4 Å². The molecule has 0 amide bonds. The minimum Gasteiger partial charge on any atom is -0.397 e. The maximum atomic E-state index is 6.15. The molecule has 1 saturated carbocycles. The number of nitrogens with two attached hydrogens (primary N) is 1. The molecule has 0 unspecified atom stereocenters. The SMILES string of the molecule is Cc1cc(N)c(N(C)CC2CCCCC2)cc1C. The topological polar surface area (TPSA) is 29.3 Å². The Hall–Kier alpha value is -1.18. The van der Waals surface area contributed by atoms with Crippen molar-refractivity contribution in [3.63, 3.8) is 0 Å². The third-order valence-corrected chi connectivity index (χ3v) is 4.31. The van der Waals surface area contributed by atoms with E-state index in [-0.39, 0.29) is 0 Å². The second-order valence-corrected chi connectivity index (χ2v) is 5.88. The number of hydrogen-bond donors (Lipinski definition) is 1. The van der Waals surface area contributed by atoms with Crippen molar-refractivity contribution in [3.05, 3.63) is 23.3 Å². The van der Waals surface area contributed by atoms with E-state index in [1.807, 2.05) is 0 Å². The maximum absolute atomic E-state index is 6.15. The summed E-state index contributed by atoms with van der Waals surface area (Å²) < 4.78 is 0. The van der Waals surface area contributed by atoms with Gasteiger partial charge in [0.15, 0.2) is 0 Å². The molecule has 1 aromatic rings. The van der Waals surface area contributed by atoms with Gasteiger partial charge in [-0.05, 0) is 55.9 Å². The van der Waals surface area contributed by atoms with E-state index in [4.69, 9.17) is 5.73 Å². The van der Waals surface area contributed by atoms with Gasteiger partial charge < -0.3 is 10.6 Å². The van der Waals surface area contributed by atoms with Crippen LogP contribution in [-0.2, 0) is 0 Å². The zero-order chi connectivity index (χ0) is 13.1. The van der Waals surface area contributed by atoms with Gasteiger partial charge in [0.05, 0.1) is 11.4 Å². The van der Waals surface area contributed by atoms with Crippen molar-refractivity contribution < 1.29 is 0 Å². The predicted molar refractivity (Wildman–Crippen MR) is 80.2 cm³/mol. The minimum atomic E-state index is 0.852. The van der Waals surface area contributed by atoms with E-state index in [9.17, 15) is 0 Å². The number of nitrogen functional groups attached to an aromatic ring is 1. The molecule has 0 atom stereocenters. The van der Waals surface area contributed by atoms with Crippen molar-refractivity contribution in [2.45, 2.75) is 46.0 Å². The van der Waals surface area contributed by atoms with Crippen LogP contribution in [0.2, 0.25) is 0 Å². The van der Waals surface area contributed by atoms with Gasteiger partial charge >= 0.3 is 0 Å². The fourth-order valence-electron chi connectivity index (χ4n) is 3.01. The van der Waals surface area contributed by atoms with Crippen molar-refractivity contribution in [2.75, 3.05) is 24.2 Å². The Labute approximate surface area is 111 Å². The lowest BCUT2D eigenvalue weighted by molar-refractivity contribution is 0.362. The first-order valence-electron chi connectivity index (χ1n) is 7.16. The van der Waals surface area contributed by atoms with E-state index in [0.29, 0.717) is 0 Å². The number of hydrogen-bond acceptors (Lipinski definition) is 2. The molecule has 0 aromatic heterocycles. The number of benzene rings is 1. The van der Waals surface area contributed by atoms with Crippen LogP contribution in [0.1, 0.15) is 43.2 Å². The summed E-state index contributed by atoms with van der Waals surface area (Å²) in [5.41, 5.74) is 10.9. The summed E-state index contributed by atoms with van der Waals surface area (Å²) in [6.45, 7) is 5.43. The van der Waals surface area contributed by atoms with E-state index >= 15 is 0 Å². The summed E-state index contributed by atoms with van der Waals surface area (Å²) in [5, 5.41) is 0. The van der Waals surface area contributed by atoms with Gasteiger partial charge in [0.1, 0.15) is 0 Å². The predicted octanol–water partition coefficient (Wildman–Crippen LogP) is 3.90. The average Bonchev–Trinajstić information content (AvgIpc) is 2.35. The lowest BCUT2D eigenvalue weighted by Crippen LogP contribution is -2.27. The largest absolute Gasteiger partial charge is 0.397 e.